The van der Waals surface area contributed by atoms with Crippen LogP contribution in [0.2, 0.25) is 0 Å². The molecule has 35 heavy (non-hydrogen) atoms. The first-order chi connectivity index (χ1) is 17.0. The molecule has 0 unspecified atom stereocenters. The maximum atomic E-state index is 11.0. The average molecular weight is 455 g/mol. The normalized spacial score (nSPS) is 13.3. The third-order valence-corrected chi connectivity index (χ3v) is 7.01. The molecular formula is C29H22BN3O2. The molecule has 6 rings (SSSR count). The quantitative estimate of drug-likeness (QED) is 0.278. The molecule has 0 aliphatic heterocycles. The number of benzene rings is 4. The lowest BCUT2D eigenvalue weighted by atomic mass is 9.72. The van der Waals surface area contributed by atoms with Crippen LogP contribution in [0.3, 0.4) is 0 Å². The lowest BCUT2D eigenvalue weighted by molar-refractivity contribution is 0.587. The van der Waals surface area contributed by atoms with Crippen molar-refractivity contribution in [2.75, 3.05) is 0 Å². The van der Waals surface area contributed by atoms with Crippen molar-refractivity contribution in [2.24, 2.45) is 5.09 Å². The van der Waals surface area contributed by atoms with Crippen molar-refractivity contribution in [3.05, 3.63) is 107 Å². The summed E-state index contributed by atoms with van der Waals surface area (Å²) in [6.07, 6.45) is 0. The standard InChI is InChI=1S/C29H22BN3O2/c1-29(2)23-13-8-12-22(26(23)20-16-15-19(17-24(20)29)30(34)33-35)28-31-25-14-7-6-11-21(25)27(32-28)18-9-4-3-5-10-18/h3-17,34H,1-2H3. The van der Waals surface area contributed by atoms with Crippen LogP contribution in [0.15, 0.2) is 96.1 Å². The SMILES string of the molecule is CC1(C)c2cc(B(O)N=O)ccc2-c2c(-c3nc(-c4ccccc4)c4ccccc4n3)cccc21. The Balaban J connectivity index is 1.62. The van der Waals surface area contributed by atoms with Crippen LogP contribution in [0.5, 0.6) is 0 Å². The number of hydrogen-bond acceptors (Lipinski definition) is 5. The van der Waals surface area contributed by atoms with Crippen molar-refractivity contribution >= 4 is 23.4 Å². The highest BCUT2D eigenvalue weighted by Gasteiger charge is 2.38. The second-order valence-corrected chi connectivity index (χ2v) is 9.42. The van der Waals surface area contributed by atoms with E-state index in [9.17, 15) is 9.93 Å². The Morgan fingerprint density at radius 2 is 1.57 bits per heavy atom. The second-order valence-electron chi connectivity index (χ2n) is 9.42. The smallest absolute Gasteiger partial charge is 0.425 e. The molecule has 1 N–H and O–H groups in total. The highest BCUT2D eigenvalue weighted by Crippen LogP contribution is 2.51. The fourth-order valence-electron chi connectivity index (χ4n) is 5.23. The predicted octanol–water partition coefficient (Wildman–Crippen LogP) is 5.72. The first-order valence-electron chi connectivity index (χ1n) is 11.6. The maximum Gasteiger partial charge on any atom is 0.517 e. The largest absolute Gasteiger partial charge is 0.517 e. The highest BCUT2D eigenvalue weighted by atomic mass is 16.3. The molecule has 0 spiro atoms. The summed E-state index contributed by atoms with van der Waals surface area (Å²) in [6.45, 7) is 4.31. The monoisotopic (exact) mass is 455 g/mol. The zero-order chi connectivity index (χ0) is 24.2. The van der Waals surface area contributed by atoms with Gasteiger partial charge >= 0.3 is 7.05 Å². The molecule has 0 saturated heterocycles. The van der Waals surface area contributed by atoms with Crippen molar-refractivity contribution in [3.63, 3.8) is 0 Å². The van der Waals surface area contributed by atoms with E-state index in [0.29, 0.717) is 11.3 Å². The van der Waals surface area contributed by atoms with E-state index < -0.39 is 7.05 Å². The van der Waals surface area contributed by atoms with Crippen LogP contribution in [0.4, 0.5) is 0 Å². The topological polar surface area (TPSA) is 75.4 Å². The number of nitroso groups, excluding NO2 is 1. The van der Waals surface area contributed by atoms with Gasteiger partial charge in [-0.1, -0.05) is 104 Å². The molecule has 0 atom stereocenters. The number of para-hydroxylation sites is 1. The lowest BCUT2D eigenvalue weighted by Gasteiger charge is -2.22. The summed E-state index contributed by atoms with van der Waals surface area (Å²) in [4.78, 5) is 21.0. The van der Waals surface area contributed by atoms with Crippen molar-refractivity contribution in [3.8, 4) is 33.8 Å². The molecule has 1 aliphatic rings. The van der Waals surface area contributed by atoms with Gasteiger partial charge in [-0.05, 0) is 33.8 Å². The van der Waals surface area contributed by atoms with Crippen LogP contribution in [0.25, 0.3) is 44.7 Å². The minimum absolute atomic E-state index is 0.321. The van der Waals surface area contributed by atoms with Gasteiger partial charge in [0.05, 0.1) is 11.2 Å². The Bertz CT molecular complexity index is 1620. The van der Waals surface area contributed by atoms with Crippen LogP contribution in [0, 0.1) is 4.91 Å². The van der Waals surface area contributed by atoms with Crippen molar-refractivity contribution < 1.29 is 5.02 Å². The number of aromatic nitrogens is 2. The molecule has 5 aromatic rings. The zero-order valence-corrected chi connectivity index (χ0v) is 19.4. The van der Waals surface area contributed by atoms with Crippen LogP contribution in [-0.2, 0) is 5.41 Å². The molecule has 5 nitrogen and oxygen atoms in total. The molecular weight excluding hydrogens is 433 g/mol. The molecule has 0 bridgehead atoms. The summed E-state index contributed by atoms with van der Waals surface area (Å²) in [5.74, 6) is 0.668. The minimum Gasteiger partial charge on any atom is -0.425 e. The number of nitrogens with zero attached hydrogens (tertiary/aromatic N) is 3. The Hall–Kier alpha value is -4.16. The summed E-state index contributed by atoms with van der Waals surface area (Å²) in [5.41, 5.74) is 8.31. The Labute approximate surface area is 203 Å². The molecule has 0 saturated carbocycles. The van der Waals surface area contributed by atoms with Gasteiger partial charge in [0.2, 0.25) is 0 Å². The van der Waals surface area contributed by atoms with E-state index >= 15 is 0 Å². The number of hydrogen-bond donors (Lipinski definition) is 1. The van der Waals surface area contributed by atoms with Crippen molar-refractivity contribution in [2.45, 2.75) is 19.3 Å². The second kappa shape index (κ2) is 7.96. The van der Waals surface area contributed by atoms with E-state index in [2.05, 4.69) is 49.3 Å². The zero-order valence-electron chi connectivity index (χ0n) is 19.4. The van der Waals surface area contributed by atoms with E-state index in [0.717, 1.165) is 50.0 Å². The fraction of sp³-hybridized carbons (Fsp3) is 0.103. The summed E-state index contributed by atoms with van der Waals surface area (Å²) in [7, 11) is -1.38. The van der Waals surface area contributed by atoms with Crippen molar-refractivity contribution in [1.82, 2.24) is 9.97 Å². The summed E-state index contributed by atoms with van der Waals surface area (Å²) in [6, 6.07) is 30.1. The van der Waals surface area contributed by atoms with E-state index in [1.54, 1.807) is 6.07 Å². The fourth-order valence-corrected chi connectivity index (χ4v) is 5.23. The molecule has 1 aromatic heterocycles. The van der Waals surface area contributed by atoms with E-state index in [1.165, 1.54) is 0 Å². The molecule has 0 amide bonds. The van der Waals surface area contributed by atoms with Gasteiger partial charge < -0.3 is 5.02 Å². The van der Waals surface area contributed by atoms with E-state index in [-0.39, 0.29) is 5.41 Å². The van der Waals surface area contributed by atoms with Crippen molar-refractivity contribution in [1.29, 1.82) is 0 Å². The van der Waals surface area contributed by atoms with Gasteiger partial charge in [0, 0.05) is 21.9 Å². The van der Waals surface area contributed by atoms with E-state index in [1.807, 2.05) is 54.6 Å². The molecule has 6 heteroatoms. The maximum absolute atomic E-state index is 11.0. The number of rotatable bonds is 4. The predicted molar refractivity (Wildman–Crippen MR) is 141 cm³/mol. The lowest BCUT2D eigenvalue weighted by Crippen LogP contribution is -2.29. The summed E-state index contributed by atoms with van der Waals surface area (Å²) < 4.78 is 0. The Kier molecular flexibility index (Phi) is 4.86. The molecule has 4 aromatic carbocycles. The molecule has 0 radical (unpaired) electrons. The summed E-state index contributed by atoms with van der Waals surface area (Å²) >= 11 is 0. The van der Waals surface area contributed by atoms with Gasteiger partial charge in [-0.2, -0.15) is 4.91 Å². The van der Waals surface area contributed by atoms with E-state index in [4.69, 9.17) is 9.97 Å². The van der Waals surface area contributed by atoms with Crippen LogP contribution in [-0.4, -0.2) is 22.0 Å². The van der Waals surface area contributed by atoms with Gasteiger partial charge in [0.1, 0.15) is 0 Å². The third-order valence-electron chi connectivity index (χ3n) is 7.01. The van der Waals surface area contributed by atoms with Gasteiger partial charge in [0.15, 0.2) is 5.82 Å². The van der Waals surface area contributed by atoms with Gasteiger partial charge in [-0.25, -0.2) is 9.97 Å². The molecule has 1 heterocycles. The minimum atomic E-state index is -1.38. The highest BCUT2D eigenvalue weighted by molar-refractivity contribution is 6.64. The van der Waals surface area contributed by atoms with Crippen LogP contribution in [0.1, 0.15) is 25.0 Å². The Morgan fingerprint density at radius 1 is 0.800 bits per heavy atom. The summed E-state index contributed by atoms with van der Waals surface area (Å²) in [5, 5.41) is 13.8. The number of fused-ring (bicyclic) bond motifs is 4. The molecule has 0 fully saturated rings. The first-order valence-corrected chi connectivity index (χ1v) is 11.6. The van der Waals surface area contributed by atoms with Gasteiger partial charge in [0.25, 0.3) is 0 Å². The molecule has 168 valence electrons. The molecule has 1 aliphatic carbocycles. The first kappa shape index (κ1) is 21.4. The Morgan fingerprint density at radius 3 is 2.37 bits per heavy atom. The third kappa shape index (κ3) is 3.29. The van der Waals surface area contributed by atoms with Gasteiger partial charge in [-0.15, -0.1) is 0 Å². The average Bonchev–Trinajstić information content (AvgIpc) is 3.14. The van der Waals surface area contributed by atoms with Crippen LogP contribution < -0.4 is 5.46 Å². The van der Waals surface area contributed by atoms with Gasteiger partial charge in [-0.3, -0.25) is 0 Å². The van der Waals surface area contributed by atoms with Crippen LogP contribution >= 0.6 is 0 Å².